The average molecular weight is 362 g/mol. The van der Waals surface area contributed by atoms with E-state index < -0.39 is 10.0 Å². The molecule has 1 aromatic carbocycles. The maximum atomic E-state index is 12.9. The van der Waals surface area contributed by atoms with E-state index in [2.05, 4.69) is 4.98 Å². The number of sulfonamides is 1. The van der Waals surface area contributed by atoms with Crippen LogP contribution in [-0.4, -0.2) is 53.2 Å². The van der Waals surface area contributed by atoms with Crippen LogP contribution in [0.1, 0.15) is 36.5 Å². The van der Waals surface area contributed by atoms with Crippen molar-refractivity contribution < 1.29 is 13.2 Å². The van der Waals surface area contributed by atoms with Crippen molar-refractivity contribution in [1.82, 2.24) is 18.8 Å². The molecular weight excluding hydrogens is 340 g/mol. The maximum absolute atomic E-state index is 12.9. The number of benzene rings is 1. The second kappa shape index (κ2) is 6.61. The summed E-state index contributed by atoms with van der Waals surface area (Å²) in [6.45, 7) is 4.85. The Bertz CT molecular complexity index is 904. The molecule has 8 heteroatoms. The van der Waals surface area contributed by atoms with Crippen LogP contribution in [0.25, 0.3) is 5.69 Å². The quantitative estimate of drug-likeness (QED) is 0.832. The molecule has 0 N–H and O–H groups in total. The molecule has 0 unspecified atom stereocenters. The lowest BCUT2D eigenvalue weighted by molar-refractivity contribution is 0.0788. The van der Waals surface area contributed by atoms with Crippen LogP contribution in [0.3, 0.4) is 0 Å². The Labute approximate surface area is 147 Å². The Morgan fingerprint density at radius 2 is 2.00 bits per heavy atom. The minimum Gasteiger partial charge on any atom is -0.340 e. The smallest absolute Gasteiger partial charge is 0.274 e. The van der Waals surface area contributed by atoms with Gasteiger partial charge in [-0.25, -0.2) is 13.4 Å². The number of rotatable bonds is 4. The largest absolute Gasteiger partial charge is 0.340 e. The van der Waals surface area contributed by atoms with Crippen molar-refractivity contribution in [3.63, 3.8) is 0 Å². The van der Waals surface area contributed by atoms with Crippen molar-refractivity contribution in [3.8, 4) is 5.69 Å². The average Bonchev–Trinajstić information content (AvgIpc) is 2.98. The summed E-state index contributed by atoms with van der Waals surface area (Å²) >= 11 is 0. The number of nitrogens with zero attached hydrogens (tertiary/aromatic N) is 4. The van der Waals surface area contributed by atoms with Crippen LogP contribution < -0.4 is 0 Å². The van der Waals surface area contributed by atoms with Gasteiger partial charge in [0.05, 0.1) is 17.9 Å². The summed E-state index contributed by atoms with van der Waals surface area (Å²) < 4.78 is 29.0. The third-order valence-electron chi connectivity index (χ3n) is 4.40. The molecule has 3 rings (SSSR count). The lowest BCUT2D eigenvalue weighted by atomic mass is 10.2. The second-order valence-electron chi connectivity index (χ2n) is 6.04. The zero-order valence-corrected chi connectivity index (χ0v) is 15.5. The summed E-state index contributed by atoms with van der Waals surface area (Å²) in [6.07, 6.45) is 2.38. The van der Waals surface area contributed by atoms with Gasteiger partial charge in [-0.2, -0.15) is 4.31 Å². The third kappa shape index (κ3) is 2.85. The summed E-state index contributed by atoms with van der Waals surface area (Å²) in [7, 11) is -1.89. The van der Waals surface area contributed by atoms with E-state index in [9.17, 15) is 13.2 Å². The Morgan fingerprint density at radius 3 is 2.68 bits per heavy atom. The van der Waals surface area contributed by atoms with E-state index in [1.54, 1.807) is 47.7 Å². The predicted octanol–water partition coefficient (Wildman–Crippen LogP) is 1.88. The molecule has 25 heavy (non-hydrogen) atoms. The van der Waals surface area contributed by atoms with E-state index >= 15 is 0 Å². The van der Waals surface area contributed by atoms with E-state index in [1.165, 1.54) is 10.6 Å². The lowest BCUT2D eigenvalue weighted by Gasteiger charge is -2.19. The highest BCUT2D eigenvalue weighted by atomic mass is 32.2. The SMILES string of the molecule is CCCN(C)C(=O)c1ncn2c1CN(CC)S(=O)(=O)c1ccccc1-2. The van der Waals surface area contributed by atoms with E-state index in [0.29, 0.717) is 30.2 Å². The highest BCUT2D eigenvalue weighted by Crippen LogP contribution is 2.31. The summed E-state index contributed by atoms with van der Waals surface area (Å²) in [5, 5.41) is 0. The van der Waals surface area contributed by atoms with Crippen LogP contribution in [0.4, 0.5) is 0 Å². The molecule has 0 saturated heterocycles. The molecule has 7 nitrogen and oxygen atoms in total. The van der Waals surface area contributed by atoms with E-state index in [0.717, 1.165) is 6.42 Å². The van der Waals surface area contributed by atoms with Gasteiger partial charge in [0.15, 0.2) is 5.69 Å². The van der Waals surface area contributed by atoms with Crippen molar-refractivity contribution in [2.45, 2.75) is 31.7 Å². The molecule has 0 aliphatic carbocycles. The van der Waals surface area contributed by atoms with Crippen molar-refractivity contribution in [2.75, 3.05) is 20.1 Å². The first-order chi connectivity index (χ1) is 11.9. The van der Waals surface area contributed by atoms with Gasteiger partial charge >= 0.3 is 0 Å². The Hall–Kier alpha value is -2.19. The standard InChI is InChI=1S/C17H22N4O3S/c1-4-10-19(3)17(22)16-14-11-20(5-2)25(23,24)15-9-7-6-8-13(15)21(14)12-18-16/h6-9,12H,4-5,10-11H2,1-3H3. The molecule has 0 radical (unpaired) electrons. The van der Waals surface area contributed by atoms with Gasteiger partial charge in [0.25, 0.3) is 5.91 Å². The van der Waals surface area contributed by atoms with Crippen molar-refractivity contribution in [1.29, 1.82) is 0 Å². The summed E-state index contributed by atoms with van der Waals surface area (Å²) in [5.41, 5.74) is 1.43. The highest BCUT2D eigenvalue weighted by molar-refractivity contribution is 7.89. The van der Waals surface area contributed by atoms with Gasteiger partial charge in [-0.15, -0.1) is 0 Å². The first kappa shape index (κ1) is 17.6. The van der Waals surface area contributed by atoms with Crippen molar-refractivity contribution in [2.24, 2.45) is 0 Å². The number of hydrogen-bond acceptors (Lipinski definition) is 4. The predicted molar refractivity (Wildman–Crippen MR) is 94.1 cm³/mol. The summed E-state index contributed by atoms with van der Waals surface area (Å²) in [6, 6.07) is 6.81. The van der Waals surface area contributed by atoms with Gasteiger partial charge in [0, 0.05) is 20.1 Å². The van der Waals surface area contributed by atoms with Gasteiger partial charge < -0.3 is 4.90 Å². The van der Waals surface area contributed by atoms with Crippen molar-refractivity contribution >= 4 is 15.9 Å². The zero-order valence-electron chi connectivity index (χ0n) is 14.6. The number of amides is 1. The fourth-order valence-corrected chi connectivity index (χ4v) is 4.67. The van der Waals surface area contributed by atoms with Crippen LogP contribution in [0.15, 0.2) is 35.5 Å². The first-order valence-electron chi connectivity index (χ1n) is 8.33. The Balaban J connectivity index is 2.19. The van der Waals surface area contributed by atoms with Gasteiger partial charge in [-0.1, -0.05) is 26.0 Å². The molecule has 2 heterocycles. The number of imidazole rings is 1. The number of carbonyl (C=O) groups is 1. The molecule has 1 aromatic heterocycles. The fourth-order valence-electron chi connectivity index (χ4n) is 3.08. The number of fused-ring (bicyclic) bond motifs is 3. The number of hydrogen-bond donors (Lipinski definition) is 0. The highest BCUT2D eigenvalue weighted by Gasteiger charge is 2.34. The normalized spacial score (nSPS) is 16.0. The zero-order chi connectivity index (χ0) is 18.2. The number of aromatic nitrogens is 2. The Morgan fingerprint density at radius 1 is 1.28 bits per heavy atom. The number of para-hydroxylation sites is 1. The van der Waals surface area contributed by atoms with Gasteiger partial charge in [-0.3, -0.25) is 9.36 Å². The molecule has 1 aliphatic rings. The molecule has 0 spiro atoms. The first-order valence-corrected chi connectivity index (χ1v) is 9.77. The topological polar surface area (TPSA) is 75.5 Å². The van der Waals surface area contributed by atoms with Crippen LogP contribution in [0, 0.1) is 0 Å². The van der Waals surface area contributed by atoms with E-state index in [1.807, 2.05) is 6.92 Å². The molecule has 134 valence electrons. The third-order valence-corrected chi connectivity index (χ3v) is 6.36. The van der Waals surface area contributed by atoms with Gasteiger partial charge in [0.2, 0.25) is 10.0 Å². The maximum Gasteiger partial charge on any atom is 0.274 e. The molecule has 2 aromatic rings. The number of carbonyl (C=O) groups excluding carboxylic acids is 1. The summed E-state index contributed by atoms with van der Waals surface area (Å²) in [5.74, 6) is -0.191. The Kier molecular flexibility index (Phi) is 4.66. The fraction of sp³-hybridized carbons (Fsp3) is 0.412. The molecule has 1 aliphatic heterocycles. The second-order valence-corrected chi connectivity index (χ2v) is 7.94. The van der Waals surface area contributed by atoms with Crippen LogP contribution in [-0.2, 0) is 16.6 Å². The van der Waals surface area contributed by atoms with Crippen LogP contribution in [0.5, 0.6) is 0 Å². The molecular formula is C17H22N4O3S. The van der Waals surface area contributed by atoms with Gasteiger partial charge in [-0.05, 0) is 18.6 Å². The summed E-state index contributed by atoms with van der Waals surface area (Å²) in [4.78, 5) is 18.9. The van der Waals surface area contributed by atoms with Gasteiger partial charge in [0.1, 0.15) is 11.2 Å². The van der Waals surface area contributed by atoms with E-state index in [4.69, 9.17) is 0 Å². The molecule has 1 amide bonds. The van der Waals surface area contributed by atoms with E-state index in [-0.39, 0.29) is 17.3 Å². The van der Waals surface area contributed by atoms with Crippen molar-refractivity contribution in [3.05, 3.63) is 42.0 Å². The molecule has 0 saturated carbocycles. The van der Waals surface area contributed by atoms with Crippen LogP contribution >= 0.6 is 0 Å². The molecule has 0 bridgehead atoms. The van der Waals surface area contributed by atoms with Crippen LogP contribution in [0.2, 0.25) is 0 Å². The molecule has 0 atom stereocenters. The minimum absolute atomic E-state index is 0.120. The minimum atomic E-state index is -3.62. The lowest BCUT2D eigenvalue weighted by Crippen LogP contribution is -2.32. The monoisotopic (exact) mass is 362 g/mol. The molecule has 0 fully saturated rings.